The molecule has 4 saturated carbocycles. The van der Waals surface area contributed by atoms with Crippen molar-refractivity contribution in [2.24, 2.45) is 57.2 Å². The Bertz CT molecular complexity index is 3850. The number of hydrogen-bond donors (Lipinski definition) is 6. The van der Waals surface area contributed by atoms with E-state index in [1.54, 1.807) is 104 Å². The molecule has 2 unspecified atom stereocenters. The Balaban J connectivity index is 0.000000289. The van der Waals surface area contributed by atoms with Crippen molar-refractivity contribution in [3.05, 3.63) is 94.1 Å². The van der Waals surface area contributed by atoms with Gasteiger partial charge in [-0.05, 0) is 147 Å². The molecule has 2 heterocycles. The van der Waals surface area contributed by atoms with E-state index in [0.29, 0.717) is 18.4 Å². The van der Waals surface area contributed by atoms with E-state index < -0.39 is 199 Å². The van der Waals surface area contributed by atoms with Crippen molar-refractivity contribution in [3.8, 4) is 0 Å². The zero-order valence-corrected chi connectivity index (χ0v) is 72.1. The smallest absolute Gasteiger partial charge is 0.338 e. The predicted octanol–water partition coefficient (Wildman–Crippen LogP) is 12.0. The van der Waals surface area contributed by atoms with Gasteiger partial charge in [-0.25, -0.2) is 19.2 Å². The lowest BCUT2D eigenvalue weighted by atomic mass is 9.44. The molecule has 113 heavy (non-hydrogen) atoms. The zero-order valence-electron chi connectivity index (χ0n) is 70.1. The van der Waals surface area contributed by atoms with Gasteiger partial charge in [0.1, 0.15) is 66.1 Å². The van der Waals surface area contributed by atoms with Gasteiger partial charge in [-0.3, -0.25) is 19.2 Å². The Morgan fingerprint density at radius 1 is 0.531 bits per heavy atom. The van der Waals surface area contributed by atoms with Crippen molar-refractivity contribution in [1.29, 1.82) is 0 Å². The largest absolute Gasteiger partial charge is 0.456 e. The third-order valence-electron chi connectivity index (χ3n) is 28.2. The Kier molecular flexibility index (Phi) is 28.3. The maximum absolute atomic E-state index is 15.9. The van der Waals surface area contributed by atoms with Crippen LogP contribution >= 0.6 is 0 Å². The van der Waals surface area contributed by atoms with E-state index in [9.17, 15) is 64.2 Å². The lowest BCUT2D eigenvalue weighted by molar-refractivity contribution is -0.346. The summed E-state index contributed by atoms with van der Waals surface area (Å²) < 4.78 is 64.0. The minimum absolute atomic E-state index is 0. The molecule has 0 radical (unpaired) electrons. The van der Waals surface area contributed by atoms with Gasteiger partial charge in [0.05, 0.1) is 59.2 Å². The number of benzene rings is 2. The maximum atomic E-state index is 15.9. The molecule has 0 aromatic heterocycles. The number of Topliss-reactive ketones (excluding diaryl/α,β-unsaturated/α-hetero) is 2. The zero-order chi connectivity index (χ0) is 83.5. The van der Waals surface area contributed by atoms with Crippen LogP contribution in [0.25, 0.3) is 0 Å². The van der Waals surface area contributed by atoms with Crippen LogP contribution in [0.2, 0.25) is 36.3 Å². The first-order valence-electron chi connectivity index (χ1n) is 40.8. The van der Waals surface area contributed by atoms with Crippen LogP contribution in [-0.2, 0) is 75.5 Å². The van der Waals surface area contributed by atoms with Crippen molar-refractivity contribution in [3.63, 3.8) is 0 Å². The average molecular weight is 1620 g/mol. The van der Waals surface area contributed by atoms with Crippen molar-refractivity contribution in [2.45, 2.75) is 330 Å². The molecular formula is C87H132O24Si2. The summed E-state index contributed by atoms with van der Waals surface area (Å²) in [5.41, 5.74) is -13.0. The van der Waals surface area contributed by atoms with Gasteiger partial charge in [-0.1, -0.05) is 155 Å². The molecule has 2 aromatic carbocycles. The first kappa shape index (κ1) is 92.6. The number of carbonyl (C=O) groups is 8. The topological polar surface area (TPSA) is 350 Å². The summed E-state index contributed by atoms with van der Waals surface area (Å²) in [5.74, 6) is -8.90. The highest BCUT2D eigenvalue weighted by Gasteiger charge is 2.81. The summed E-state index contributed by atoms with van der Waals surface area (Å²) in [4.78, 5) is 113. The van der Waals surface area contributed by atoms with Crippen LogP contribution < -0.4 is 0 Å². The molecule has 0 amide bonds. The molecule has 2 saturated heterocycles. The fraction of sp³-hybridized carbons (Fsp3) is 0.724. The quantitative estimate of drug-likeness (QED) is 0.0220. The van der Waals surface area contributed by atoms with Crippen molar-refractivity contribution in [2.75, 3.05) is 13.2 Å². The first-order valence-corrected chi connectivity index (χ1v) is 45.9. The number of hydrogen-bond acceptors (Lipinski definition) is 24. The molecule has 4 bridgehead atoms. The molecule has 6 N–H and O–H groups in total. The molecule has 0 spiro atoms. The summed E-state index contributed by atoms with van der Waals surface area (Å²) in [6.45, 7) is 39.6. The fourth-order valence-electron chi connectivity index (χ4n) is 21.1. The SMILES string of the molecule is C.CC(=O)O[C@@]12CO[C@@H]1C[C@H](O)[C@@]1(C)C(=O)[C@H](O)C3=C(C)[C@@H](OC(=O)C(O)[C@@H](C)CC(C)C)C[C@@](O)([C@@H](OC(=O)c4ccccc4)[C@H]21)C3(C)C.CC[Si](CC)(CC)OC(C(=O)O[C@H]1C[C@@]2(O)[C@@H](OC(=O)c3ccccc3)[C@@H]3[C@]4(OC(C)=O)CO[C@@H]4C[C@H](O[Si](CC)(CC)CC)[C@@]3(C)C(=O)[C@H](O)C(=C1C)C2(C)C)[C@@H](C)CC(C)C. The van der Waals surface area contributed by atoms with Gasteiger partial charge < -0.3 is 77.4 Å². The molecule has 24 nitrogen and oxygen atoms in total. The highest BCUT2D eigenvalue weighted by molar-refractivity contribution is 6.74. The Morgan fingerprint density at radius 2 is 0.903 bits per heavy atom. The number of rotatable bonds is 26. The van der Waals surface area contributed by atoms with Gasteiger partial charge in [0.15, 0.2) is 45.5 Å². The second kappa shape index (κ2) is 34.6. The Morgan fingerprint density at radius 3 is 1.27 bits per heavy atom. The molecule has 2 aliphatic heterocycles. The van der Waals surface area contributed by atoms with Gasteiger partial charge in [0, 0.05) is 50.4 Å². The third-order valence-corrected chi connectivity index (χ3v) is 37.4. The van der Waals surface area contributed by atoms with Gasteiger partial charge in [-0.15, -0.1) is 0 Å². The molecule has 22 atom stereocenters. The average Bonchev–Trinajstić information content (AvgIpc) is 0.673. The van der Waals surface area contributed by atoms with Gasteiger partial charge in [0.2, 0.25) is 0 Å². The summed E-state index contributed by atoms with van der Waals surface area (Å²) >= 11 is 0. The van der Waals surface area contributed by atoms with Crippen LogP contribution in [0.4, 0.5) is 0 Å². The maximum Gasteiger partial charge on any atom is 0.338 e. The van der Waals surface area contributed by atoms with E-state index >= 15 is 4.79 Å². The molecule has 10 rings (SSSR count). The lowest BCUT2D eigenvalue weighted by Crippen LogP contribution is -2.82. The number of aliphatic hydroxyl groups excluding tert-OH is 4. The van der Waals surface area contributed by atoms with E-state index in [0.717, 1.165) is 36.3 Å². The highest BCUT2D eigenvalue weighted by atomic mass is 28.4. The number of ketones is 2. The molecule has 2 aromatic rings. The predicted molar refractivity (Wildman–Crippen MR) is 426 cm³/mol. The number of ether oxygens (including phenoxy) is 8. The van der Waals surface area contributed by atoms with Gasteiger partial charge in [-0.2, -0.15) is 0 Å². The molecule has 6 fully saturated rings. The molecule has 632 valence electrons. The monoisotopic (exact) mass is 1620 g/mol. The highest BCUT2D eigenvalue weighted by Crippen LogP contribution is 2.67. The van der Waals surface area contributed by atoms with Crippen LogP contribution in [0.15, 0.2) is 83.0 Å². The molecule has 6 aliphatic carbocycles. The number of esters is 6. The summed E-state index contributed by atoms with van der Waals surface area (Å²) in [6.07, 6.45) is -15.3. The minimum atomic E-state index is -2.52. The van der Waals surface area contributed by atoms with E-state index in [1.165, 1.54) is 32.9 Å². The van der Waals surface area contributed by atoms with Crippen LogP contribution in [0.1, 0.15) is 219 Å². The van der Waals surface area contributed by atoms with E-state index in [-0.39, 0.29) is 91.9 Å². The van der Waals surface area contributed by atoms with E-state index in [2.05, 4.69) is 55.4 Å². The summed E-state index contributed by atoms with van der Waals surface area (Å²) in [5, 5.41) is 74.6. The Hall–Kier alpha value is -5.89. The van der Waals surface area contributed by atoms with E-state index in [4.69, 9.17) is 46.7 Å². The van der Waals surface area contributed by atoms with Crippen LogP contribution in [-0.4, -0.2) is 204 Å². The number of aliphatic hydroxyl groups is 6. The van der Waals surface area contributed by atoms with Crippen molar-refractivity contribution < 1.29 is 116 Å². The minimum Gasteiger partial charge on any atom is -0.456 e. The first-order chi connectivity index (χ1) is 52.2. The molecule has 8 aliphatic rings. The van der Waals surface area contributed by atoms with E-state index in [1.807, 2.05) is 20.8 Å². The number of fused-ring (bicyclic) bond motifs is 10. The molecule has 26 heteroatoms. The number of carbonyl (C=O) groups excluding carboxylic acids is 8. The standard InChI is InChI=1S/C49H78O12Si2.C37H50O12.CH4/c1-15-62(16-2,17-3)60-36-27-37-48(29-56-37,59-33(11)50)41-43(58-44(53)34-24-22-21-23-25-34)49(55)28-35(32(10)38(46(49,12)13)39(51)42(52)47(36,41)14)57-45(54)40(31(9)26-30(7)8)61-63(18-4,19-5)20-6;1-18(2)14-19(3)27(40)33(44)47-23-16-37(45)31(48-32(43)22-12-10-9-11-13-22)29-35(8,30(42)28(41)26(20(23)4)34(37,6)7)24(39)15-25-36(29,17-46-25)49-21(5)38;/h21-25,30-31,35-37,39-41,43,51,55H,15-20,26-29H2,1-14H3;9-13,18-19,23-25,27-29,31,39-41,45H,14-17H2,1-8H3;1H4/t31-,35-,36-,37+,39+,40?,41-,43-,47+,48-,49+;19-,23-,24-,25+,27?,28+,29-,31-,35+,36-,37+;/m00./s1. The van der Waals surface area contributed by atoms with Crippen LogP contribution in [0, 0.1) is 57.2 Å². The second-order valence-electron chi connectivity index (χ2n) is 36.0. The molecular weight excluding hydrogens is 1490 g/mol. The second-order valence-corrected chi connectivity index (χ2v) is 45.4. The Labute approximate surface area is 671 Å². The normalized spacial score (nSPS) is 34.6. The van der Waals surface area contributed by atoms with Crippen molar-refractivity contribution in [1.82, 2.24) is 0 Å². The third kappa shape index (κ3) is 16.0. The van der Waals surface area contributed by atoms with Crippen LogP contribution in [0.3, 0.4) is 0 Å². The fourth-order valence-corrected chi connectivity index (χ4v) is 26.9. The van der Waals surface area contributed by atoms with Gasteiger partial charge >= 0.3 is 35.8 Å². The van der Waals surface area contributed by atoms with Crippen molar-refractivity contribution >= 4 is 64.0 Å². The lowest BCUT2D eigenvalue weighted by Gasteiger charge is -2.68. The summed E-state index contributed by atoms with van der Waals surface area (Å²) in [7, 11) is -4.87. The van der Waals surface area contributed by atoms with Gasteiger partial charge in [0.25, 0.3) is 0 Å². The summed E-state index contributed by atoms with van der Waals surface area (Å²) in [6, 6.07) is 21.1. The van der Waals surface area contributed by atoms with Crippen LogP contribution in [0.5, 0.6) is 0 Å².